The summed E-state index contributed by atoms with van der Waals surface area (Å²) in [6.07, 6.45) is 36.0. The zero-order valence-electron chi connectivity index (χ0n) is 37.5. The third-order valence-corrected chi connectivity index (χ3v) is 10.9. The Kier molecular flexibility index (Phi) is 29.5. The highest BCUT2D eigenvalue weighted by Crippen LogP contribution is 2.19. The Morgan fingerprint density at radius 2 is 1.02 bits per heavy atom. The molecular formula is C50H80N2O7. The van der Waals surface area contributed by atoms with Gasteiger partial charge in [0.05, 0.1) is 35.4 Å². The molecule has 0 atom stereocenters. The number of nitrogens with zero attached hydrogens (tertiary/aromatic N) is 1. The molecule has 0 spiro atoms. The zero-order chi connectivity index (χ0) is 42.8. The number of nitrogens with one attached hydrogen (secondary N) is 1. The van der Waals surface area contributed by atoms with Crippen LogP contribution in [-0.2, 0) is 4.74 Å². The van der Waals surface area contributed by atoms with Crippen molar-refractivity contribution in [3.8, 4) is 6.08 Å². The number of fused-ring (bicyclic) bond motifs is 1. The van der Waals surface area contributed by atoms with Crippen molar-refractivity contribution in [2.45, 2.75) is 207 Å². The molecule has 0 bridgehead atoms. The molecule has 1 amide bonds. The molecule has 0 unspecified atom stereocenters. The van der Waals surface area contributed by atoms with E-state index in [1.165, 1.54) is 160 Å². The summed E-state index contributed by atoms with van der Waals surface area (Å²) >= 11 is 0. The summed E-state index contributed by atoms with van der Waals surface area (Å²) in [5.74, 6) is -1.07. The number of carbonyl (C=O) groups is 2. The highest BCUT2D eigenvalue weighted by Gasteiger charge is 2.13. The fourth-order valence-electron chi connectivity index (χ4n) is 7.24. The second kappa shape index (κ2) is 33.9. The normalized spacial score (nSPS) is 11.0. The number of carboxylic acids is 1. The van der Waals surface area contributed by atoms with Crippen LogP contribution in [0.3, 0.4) is 0 Å². The number of ether oxygens (including phenoxy) is 2. The van der Waals surface area contributed by atoms with Gasteiger partial charge < -0.3 is 19.0 Å². The molecule has 0 saturated heterocycles. The third-order valence-electron chi connectivity index (χ3n) is 10.9. The van der Waals surface area contributed by atoms with Gasteiger partial charge in [-0.3, -0.25) is 5.32 Å². The number of unbranched alkanes of at least 4 members (excludes halogenated alkanes) is 26. The van der Waals surface area contributed by atoms with Crippen LogP contribution in [0.1, 0.15) is 215 Å². The summed E-state index contributed by atoms with van der Waals surface area (Å²) in [7, 11) is 0. The number of aromatic nitrogens is 1. The van der Waals surface area contributed by atoms with Gasteiger partial charge in [0.15, 0.2) is 0 Å². The van der Waals surface area contributed by atoms with Crippen LogP contribution >= 0.6 is 0 Å². The monoisotopic (exact) mass is 821 g/mol. The Balaban J connectivity index is 0.000000407. The van der Waals surface area contributed by atoms with Crippen LogP contribution in [0.2, 0.25) is 0 Å². The smallest absolute Gasteiger partial charge is 0.411 e. The standard InChI is InChI=1S/C25H41NO4.C25H39NO3/c1-3-4-5-6-7-8-9-10-11-12-13-14-15-16-19-30-25(29)26-23-18-17-21(2)20-22(23)24(27)28;1-3-4-5-6-7-8-9-10-11-12-13-14-15-16-19-28-25-26-23-18-17-21(2)20-22(23)24(27)29-25/h17-18,20H,3-16,19H2,1-2H3,(H,26,29)(H,27,28);17-18,20H,3-16,19H2,1-2H3. The molecule has 0 saturated carbocycles. The molecule has 332 valence electrons. The number of rotatable bonds is 33. The molecule has 59 heavy (non-hydrogen) atoms. The highest BCUT2D eigenvalue weighted by atomic mass is 16.6. The minimum Gasteiger partial charge on any atom is -0.478 e. The molecule has 2 N–H and O–H groups in total. The summed E-state index contributed by atoms with van der Waals surface area (Å²) in [4.78, 5) is 39.5. The number of aromatic carboxylic acids is 1. The van der Waals surface area contributed by atoms with Gasteiger partial charge in [-0.25, -0.2) is 14.4 Å². The maximum atomic E-state index is 12.0. The third kappa shape index (κ3) is 25.4. The Hall–Kier alpha value is -3.88. The molecule has 9 heteroatoms. The Labute approximate surface area is 356 Å². The SMILES string of the molecule is CCCCCCCCCCCCCCCCOC(=O)Nc1ccc(C)cc1C(=O)O.CCCCCCCCCCCCCCCCOc1nc2ccc(C)cc2c(=O)o1. The molecule has 1 heterocycles. The van der Waals surface area contributed by atoms with Crippen LogP contribution in [0.25, 0.3) is 10.9 Å². The first-order valence-electron chi connectivity index (χ1n) is 23.6. The second-order valence-electron chi connectivity index (χ2n) is 16.4. The van der Waals surface area contributed by atoms with Crippen LogP contribution < -0.4 is 15.7 Å². The number of aryl methyl sites for hydroxylation is 2. The zero-order valence-corrected chi connectivity index (χ0v) is 37.5. The molecule has 1 aromatic heterocycles. The van der Waals surface area contributed by atoms with Crippen LogP contribution in [0.5, 0.6) is 6.08 Å². The lowest BCUT2D eigenvalue weighted by Gasteiger charge is -2.10. The van der Waals surface area contributed by atoms with Gasteiger partial charge in [0.25, 0.3) is 0 Å². The van der Waals surface area contributed by atoms with Gasteiger partial charge in [-0.05, 0) is 51.0 Å². The predicted octanol–water partition coefficient (Wildman–Crippen LogP) is 15.1. The van der Waals surface area contributed by atoms with Crippen molar-refractivity contribution in [3.05, 3.63) is 63.5 Å². The van der Waals surface area contributed by atoms with Crippen molar-refractivity contribution in [3.63, 3.8) is 0 Å². The Morgan fingerprint density at radius 1 is 0.593 bits per heavy atom. The van der Waals surface area contributed by atoms with Crippen molar-refractivity contribution in [2.75, 3.05) is 18.5 Å². The average molecular weight is 821 g/mol. The van der Waals surface area contributed by atoms with Crippen LogP contribution in [0, 0.1) is 13.8 Å². The van der Waals surface area contributed by atoms with E-state index in [2.05, 4.69) is 24.1 Å². The summed E-state index contributed by atoms with van der Waals surface area (Å²) in [5.41, 5.74) is 2.43. The number of amides is 1. The van der Waals surface area contributed by atoms with Crippen LogP contribution in [0.4, 0.5) is 10.5 Å². The maximum Gasteiger partial charge on any atom is 0.411 e. The van der Waals surface area contributed by atoms with E-state index in [1.807, 2.05) is 26.0 Å². The molecule has 2 aromatic carbocycles. The van der Waals surface area contributed by atoms with Crippen molar-refractivity contribution in [1.82, 2.24) is 4.98 Å². The van der Waals surface area contributed by atoms with E-state index in [0.29, 0.717) is 24.1 Å². The molecular weight excluding hydrogens is 741 g/mol. The number of carboxylic acid groups (broad SMARTS) is 1. The van der Waals surface area contributed by atoms with Crippen molar-refractivity contribution < 1.29 is 28.6 Å². The summed E-state index contributed by atoms with van der Waals surface area (Å²) < 4.78 is 15.9. The summed E-state index contributed by atoms with van der Waals surface area (Å²) in [6, 6.07) is 10.5. The van der Waals surface area contributed by atoms with E-state index >= 15 is 0 Å². The lowest BCUT2D eigenvalue weighted by Crippen LogP contribution is -2.16. The van der Waals surface area contributed by atoms with Gasteiger partial charge in [0.2, 0.25) is 0 Å². The van der Waals surface area contributed by atoms with E-state index in [-0.39, 0.29) is 23.0 Å². The van der Waals surface area contributed by atoms with Gasteiger partial charge in [-0.15, -0.1) is 0 Å². The van der Waals surface area contributed by atoms with E-state index in [4.69, 9.17) is 13.9 Å². The van der Waals surface area contributed by atoms with Crippen LogP contribution in [-0.4, -0.2) is 35.4 Å². The molecule has 0 aliphatic heterocycles. The maximum absolute atomic E-state index is 12.0. The first-order chi connectivity index (χ1) is 28.7. The average Bonchev–Trinajstić information content (AvgIpc) is 3.22. The number of hydrogen-bond donors (Lipinski definition) is 2. The number of hydrogen-bond acceptors (Lipinski definition) is 7. The van der Waals surface area contributed by atoms with E-state index in [9.17, 15) is 19.5 Å². The van der Waals surface area contributed by atoms with E-state index in [1.54, 1.807) is 18.2 Å². The lowest BCUT2D eigenvalue weighted by atomic mass is 10.0. The number of anilines is 1. The number of benzene rings is 2. The van der Waals surface area contributed by atoms with Crippen LogP contribution in [0.15, 0.2) is 45.6 Å². The predicted molar refractivity (Wildman–Crippen MR) is 244 cm³/mol. The van der Waals surface area contributed by atoms with Gasteiger partial charge in [0, 0.05) is 0 Å². The fourth-order valence-corrected chi connectivity index (χ4v) is 7.24. The molecule has 0 radical (unpaired) electrons. The Bertz CT molecular complexity index is 1600. The Morgan fingerprint density at radius 3 is 1.49 bits per heavy atom. The quantitative estimate of drug-likeness (QED) is 0.0581. The van der Waals surface area contributed by atoms with Gasteiger partial charge >= 0.3 is 23.8 Å². The first kappa shape index (κ1) is 51.3. The van der Waals surface area contributed by atoms with Gasteiger partial charge in [0.1, 0.15) is 0 Å². The minimum atomic E-state index is -1.07. The summed E-state index contributed by atoms with van der Waals surface area (Å²) in [5, 5.41) is 12.3. The molecule has 9 nitrogen and oxygen atoms in total. The van der Waals surface area contributed by atoms with Crippen molar-refractivity contribution in [1.29, 1.82) is 0 Å². The van der Waals surface area contributed by atoms with E-state index < -0.39 is 12.1 Å². The molecule has 3 aromatic rings. The highest BCUT2D eigenvalue weighted by molar-refractivity contribution is 5.98. The lowest BCUT2D eigenvalue weighted by molar-refractivity contribution is 0.0698. The minimum absolute atomic E-state index is 0.0726. The first-order valence-corrected chi connectivity index (χ1v) is 23.6. The van der Waals surface area contributed by atoms with Gasteiger partial charge in [-0.1, -0.05) is 204 Å². The van der Waals surface area contributed by atoms with Crippen molar-refractivity contribution >= 4 is 28.7 Å². The molecule has 0 fully saturated rings. The summed E-state index contributed by atoms with van der Waals surface area (Å²) in [6.45, 7) is 9.19. The largest absolute Gasteiger partial charge is 0.478 e. The second-order valence-corrected chi connectivity index (χ2v) is 16.4. The molecule has 0 aliphatic carbocycles. The molecule has 3 rings (SSSR count). The topological polar surface area (TPSA) is 128 Å². The number of carbonyl (C=O) groups excluding carboxylic acids is 1. The van der Waals surface area contributed by atoms with Gasteiger partial charge in [-0.2, -0.15) is 4.98 Å². The van der Waals surface area contributed by atoms with E-state index in [0.717, 1.165) is 36.8 Å². The van der Waals surface area contributed by atoms with Crippen molar-refractivity contribution in [2.24, 2.45) is 0 Å². The fraction of sp³-hybridized carbons (Fsp3) is 0.680. The molecule has 0 aliphatic rings.